The number of piperazine rings is 1. The molecule has 2 aliphatic heterocycles. The summed E-state index contributed by atoms with van der Waals surface area (Å²) in [5.41, 5.74) is 3.12. The molecular formula is C32H40N6O3S. The number of hydrogen-bond acceptors (Lipinski definition) is 8. The highest BCUT2D eigenvalue weighted by atomic mass is 32.2. The van der Waals surface area contributed by atoms with Gasteiger partial charge < -0.3 is 20.2 Å². The zero-order chi connectivity index (χ0) is 29.5. The lowest BCUT2D eigenvalue weighted by molar-refractivity contribution is -0.131. The van der Waals surface area contributed by atoms with E-state index in [9.17, 15) is 14.7 Å². The molecule has 10 heteroatoms. The van der Waals surface area contributed by atoms with Crippen LogP contribution in [-0.2, 0) is 4.79 Å². The summed E-state index contributed by atoms with van der Waals surface area (Å²) in [6, 6.07) is 17.5. The molecule has 0 unspecified atom stereocenters. The summed E-state index contributed by atoms with van der Waals surface area (Å²) in [4.78, 5) is 41.7. The zero-order valence-corrected chi connectivity index (χ0v) is 25.3. The molecule has 2 aromatic carbocycles. The van der Waals surface area contributed by atoms with Crippen LogP contribution >= 0.6 is 11.8 Å². The minimum atomic E-state index is -0.118. The second kappa shape index (κ2) is 13.7. The summed E-state index contributed by atoms with van der Waals surface area (Å²) in [5, 5.41) is 12.7. The molecule has 9 nitrogen and oxygen atoms in total. The second-order valence-corrected chi connectivity index (χ2v) is 12.8. The molecule has 2 aliphatic rings. The van der Waals surface area contributed by atoms with Crippen LogP contribution in [0.3, 0.4) is 0 Å². The average Bonchev–Trinajstić information content (AvgIpc) is 3.57. The number of nitrogens with one attached hydrogen (secondary N) is 1. The van der Waals surface area contributed by atoms with Gasteiger partial charge in [0.25, 0.3) is 5.91 Å². The molecule has 0 atom stereocenters. The van der Waals surface area contributed by atoms with Crippen LogP contribution in [0.1, 0.15) is 37.0 Å². The molecule has 3 aromatic rings. The number of aromatic nitrogens is 2. The van der Waals surface area contributed by atoms with E-state index in [2.05, 4.69) is 46.2 Å². The number of likely N-dealkylation sites (tertiary alicyclic amines) is 1. The van der Waals surface area contributed by atoms with Crippen molar-refractivity contribution in [1.82, 2.24) is 24.7 Å². The fourth-order valence-electron chi connectivity index (χ4n) is 5.00. The number of hydrogen-bond donors (Lipinski definition) is 2. The standard InChI is InChI=1S/C32H40N6O3S/c1-32(2,22-39)23-42-27-11-7-24(8-12-27)28-13-14-33-31(35-28)34-26-9-5-25(6-10-26)30(41)38-19-17-36(18-20-38)21-29(40)37-15-3-4-16-37/h5-14,39H,3-4,15-23H2,1-2H3,(H,33,34,35). The van der Waals surface area contributed by atoms with Gasteiger partial charge in [0.2, 0.25) is 11.9 Å². The van der Waals surface area contributed by atoms with E-state index in [1.165, 1.54) is 0 Å². The number of benzene rings is 2. The fraction of sp³-hybridized carbons (Fsp3) is 0.438. The first-order valence-electron chi connectivity index (χ1n) is 14.6. The maximum Gasteiger partial charge on any atom is 0.253 e. The Bertz CT molecular complexity index is 1350. The van der Waals surface area contributed by atoms with E-state index in [4.69, 9.17) is 0 Å². The van der Waals surface area contributed by atoms with Gasteiger partial charge in [-0.25, -0.2) is 9.97 Å². The second-order valence-electron chi connectivity index (χ2n) is 11.8. The highest BCUT2D eigenvalue weighted by molar-refractivity contribution is 7.99. The third-order valence-electron chi connectivity index (χ3n) is 7.73. The molecule has 2 amide bonds. The van der Waals surface area contributed by atoms with Crippen LogP contribution in [0.2, 0.25) is 0 Å². The maximum atomic E-state index is 13.1. The van der Waals surface area contributed by atoms with Gasteiger partial charge in [0.15, 0.2) is 0 Å². The quantitative estimate of drug-likeness (QED) is 0.337. The Kier molecular flexibility index (Phi) is 9.76. The van der Waals surface area contributed by atoms with Crippen LogP contribution in [-0.4, -0.2) is 99.8 Å². The van der Waals surface area contributed by atoms with Crippen molar-refractivity contribution in [1.29, 1.82) is 0 Å². The molecule has 0 saturated carbocycles. The smallest absolute Gasteiger partial charge is 0.253 e. The van der Waals surface area contributed by atoms with Gasteiger partial charge in [0.1, 0.15) is 0 Å². The molecule has 5 rings (SSSR count). The van der Waals surface area contributed by atoms with Gasteiger partial charge in [0, 0.05) is 79.5 Å². The first-order chi connectivity index (χ1) is 20.3. The van der Waals surface area contributed by atoms with E-state index in [-0.39, 0.29) is 23.8 Å². The van der Waals surface area contributed by atoms with E-state index in [1.807, 2.05) is 52.3 Å². The number of thioether (sulfide) groups is 1. The van der Waals surface area contributed by atoms with Crippen LogP contribution in [0.5, 0.6) is 0 Å². The zero-order valence-electron chi connectivity index (χ0n) is 24.5. The van der Waals surface area contributed by atoms with Gasteiger partial charge in [-0.15, -0.1) is 11.8 Å². The van der Waals surface area contributed by atoms with E-state index in [0.717, 1.165) is 53.5 Å². The van der Waals surface area contributed by atoms with Crippen LogP contribution in [0.15, 0.2) is 65.7 Å². The molecule has 0 bridgehead atoms. The van der Waals surface area contributed by atoms with Crippen molar-refractivity contribution in [2.45, 2.75) is 31.6 Å². The van der Waals surface area contributed by atoms with Crippen molar-refractivity contribution in [2.24, 2.45) is 5.41 Å². The Labute approximate surface area is 252 Å². The predicted molar refractivity (Wildman–Crippen MR) is 167 cm³/mol. The van der Waals surface area contributed by atoms with Gasteiger partial charge in [-0.1, -0.05) is 26.0 Å². The van der Waals surface area contributed by atoms with Gasteiger partial charge in [-0.2, -0.15) is 0 Å². The number of aliphatic hydroxyl groups excluding tert-OH is 1. The van der Waals surface area contributed by atoms with Crippen molar-refractivity contribution in [2.75, 3.05) is 63.5 Å². The van der Waals surface area contributed by atoms with Crippen LogP contribution < -0.4 is 5.32 Å². The molecule has 1 aromatic heterocycles. The minimum absolute atomic E-state index is 0.00634. The molecule has 42 heavy (non-hydrogen) atoms. The number of carbonyl (C=O) groups is 2. The van der Waals surface area contributed by atoms with Crippen molar-refractivity contribution in [3.63, 3.8) is 0 Å². The minimum Gasteiger partial charge on any atom is -0.396 e. The number of rotatable bonds is 10. The number of anilines is 2. The molecule has 2 saturated heterocycles. The monoisotopic (exact) mass is 588 g/mol. The lowest BCUT2D eigenvalue weighted by atomic mass is 9.98. The summed E-state index contributed by atoms with van der Waals surface area (Å²) in [5.74, 6) is 1.53. The van der Waals surface area contributed by atoms with Crippen molar-refractivity contribution in [3.8, 4) is 11.3 Å². The fourth-order valence-corrected chi connectivity index (χ4v) is 5.98. The number of carbonyl (C=O) groups excluding carboxylic acids is 2. The molecule has 2 N–H and O–H groups in total. The third kappa shape index (κ3) is 7.87. The highest BCUT2D eigenvalue weighted by Gasteiger charge is 2.26. The predicted octanol–water partition coefficient (Wildman–Crippen LogP) is 4.38. The topological polar surface area (TPSA) is 102 Å². The molecule has 0 radical (unpaired) electrons. The molecule has 0 aliphatic carbocycles. The van der Waals surface area contributed by atoms with E-state index < -0.39 is 0 Å². The van der Waals surface area contributed by atoms with Gasteiger partial charge in [-0.05, 0) is 60.7 Å². The highest BCUT2D eigenvalue weighted by Crippen LogP contribution is 2.29. The molecule has 0 spiro atoms. The van der Waals surface area contributed by atoms with Crippen LogP contribution in [0.25, 0.3) is 11.3 Å². The van der Waals surface area contributed by atoms with Crippen LogP contribution in [0.4, 0.5) is 11.6 Å². The van der Waals surface area contributed by atoms with E-state index in [1.54, 1.807) is 18.0 Å². The first-order valence-corrected chi connectivity index (χ1v) is 15.6. The molecule has 222 valence electrons. The number of amides is 2. The maximum absolute atomic E-state index is 13.1. The Morgan fingerprint density at radius 1 is 0.905 bits per heavy atom. The largest absolute Gasteiger partial charge is 0.396 e. The molecular weight excluding hydrogens is 548 g/mol. The lowest BCUT2D eigenvalue weighted by Crippen LogP contribution is -2.51. The molecule has 3 heterocycles. The summed E-state index contributed by atoms with van der Waals surface area (Å²) < 4.78 is 0. The van der Waals surface area contributed by atoms with Crippen molar-refractivity contribution >= 4 is 35.2 Å². The Morgan fingerprint density at radius 3 is 2.26 bits per heavy atom. The lowest BCUT2D eigenvalue weighted by Gasteiger charge is -2.35. The molecule has 2 fully saturated rings. The van der Waals surface area contributed by atoms with Gasteiger partial charge >= 0.3 is 0 Å². The average molecular weight is 589 g/mol. The van der Waals surface area contributed by atoms with Gasteiger partial charge in [0.05, 0.1) is 12.2 Å². The Morgan fingerprint density at radius 2 is 1.60 bits per heavy atom. The summed E-state index contributed by atoms with van der Waals surface area (Å²) in [6.45, 7) is 9.12. The number of nitrogens with zero attached hydrogens (tertiary/aromatic N) is 5. The SMILES string of the molecule is CC(C)(CO)CSc1ccc(-c2ccnc(Nc3ccc(C(=O)N4CCN(CC(=O)N5CCCC5)CC4)cc3)n2)cc1. The Hall–Kier alpha value is -3.47. The summed E-state index contributed by atoms with van der Waals surface area (Å²) >= 11 is 1.73. The summed E-state index contributed by atoms with van der Waals surface area (Å²) in [6.07, 6.45) is 3.93. The summed E-state index contributed by atoms with van der Waals surface area (Å²) in [7, 11) is 0. The first kappa shape index (κ1) is 30.0. The Balaban J connectivity index is 1.12. The third-order valence-corrected chi connectivity index (χ3v) is 9.26. The number of aliphatic hydroxyl groups is 1. The van der Waals surface area contributed by atoms with E-state index >= 15 is 0 Å². The van der Waals surface area contributed by atoms with Crippen molar-refractivity contribution in [3.05, 3.63) is 66.4 Å². The van der Waals surface area contributed by atoms with Gasteiger partial charge in [-0.3, -0.25) is 14.5 Å². The van der Waals surface area contributed by atoms with Crippen molar-refractivity contribution < 1.29 is 14.7 Å². The normalized spacial score (nSPS) is 16.1. The van der Waals surface area contributed by atoms with E-state index in [0.29, 0.717) is 44.2 Å². The van der Waals surface area contributed by atoms with Crippen LogP contribution in [0, 0.1) is 5.41 Å².